The number of ether oxygens (including phenoxy) is 1. The molecular formula is C18H15N3O6. The van der Waals surface area contributed by atoms with E-state index in [1.165, 1.54) is 12.1 Å². The van der Waals surface area contributed by atoms with Crippen molar-refractivity contribution in [3.05, 3.63) is 64.6 Å². The van der Waals surface area contributed by atoms with Gasteiger partial charge in [0.1, 0.15) is 6.54 Å². The van der Waals surface area contributed by atoms with Crippen LogP contribution in [0.5, 0.6) is 0 Å². The first kappa shape index (κ1) is 17.9. The van der Waals surface area contributed by atoms with Gasteiger partial charge in [0.05, 0.1) is 16.8 Å². The Morgan fingerprint density at radius 1 is 1.07 bits per heavy atom. The number of primary amides is 1. The highest BCUT2D eigenvalue weighted by molar-refractivity contribution is 6.03. The molecule has 0 unspecified atom stereocenters. The molecule has 0 aliphatic heterocycles. The number of para-hydroxylation sites is 3. The molecule has 1 heterocycles. The lowest BCUT2D eigenvalue weighted by Crippen LogP contribution is -2.26. The first-order valence-electron chi connectivity index (χ1n) is 7.88. The second-order valence-electron chi connectivity index (χ2n) is 5.54. The molecule has 0 saturated carbocycles. The summed E-state index contributed by atoms with van der Waals surface area (Å²) in [6, 6.07) is 12.8. The molecule has 0 aliphatic carbocycles. The van der Waals surface area contributed by atoms with Gasteiger partial charge in [-0.15, -0.1) is 0 Å². The minimum absolute atomic E-state index is 0.133. The minimum Gasteiger partial charge on any atom is -0.454 e. The lowest BCUT2D eigenvalue weighted by Gasteiger charge is -2.09. The maximum Gasteiger partial charge on any atom is 0.420 e. The second kappa shape index (κ2) is 7.56. The van der Waals surface area contributed by atoms with Gasteiger partial charge >= 0.3 is 11.7 Å². The Morgan fingerprint density at radius 2 is 1.78 bits per heavy atom. The maximum atomic E-state index is 12.0. The van der Waals surface area contributed by atoms with E-state index >= 15 is 0 Å². The second-order valence-corrected chi connectivity index (χ2v) is 5.54. The number of benzene rings is 2. The van der Waals surface area contributed by atoms with Crippen molar-refractivity contribution in [2.24, 2.45) is 5.73 Å². The number of anilines is 1. The third-order valence-electron chi connectivity index (χ3n) is 3.69. The van der Waals surface area contributed by atoms with Crippen molar-refractivity contribution in [2.45, 2.75) is 6.54 Å². The fourth-order valence-corrected chi connectivity index (χ4v) is 2.48. The van der Waals surface area contributed by atoms with E-state index in [0.717, 1.165) is 4.57 Å². The number of hydrogen-bond acceptors (Lipinski definition) is 6. The molecule has 0 bridgehead atoms. The van der Waals surface area contributed by atoms with Crippen molar-refractivity contribution in [1.82, 2.24) is 4.57 Å². The molecule has 3 N–H and O–H groups in total. The summed E-state index contributed by atoms with van der Waals surface area (Å²) in [4.78, 5) is 47.1. The quantitative estimate of drug-likeness (QED) is 0.620. The smallest absolute Gasteiger partial charge is 0.420 e. The minimum atomic E-state index is -0.790. The molecular weight excluding hydrogens is 354 g/mol. The first-order chi connectivity index (χ1) is 13.0. The van der Waals surface area contributed by atoms with Gasteiger partial charge in [0.2, 0.25) is 0 Å². The van der Waals surface area contributed by atoms with E-state index in [0.29, 0.717) is 11.1 Å². The number of nitrogens with one attached hydrogen (secondary N) is 1. The monoisotopic (exact) mass is 369 g/mol. The summed E-state index contributed by atoms with van der Waals surface area (Å²) in [5, 5.41) is 2.44. The van der Waals surface area contributed by atoms with Gasteiger partial charge in [-0.3, -0.25) is 19.0 Å². The van der Waals surface area contributed by atoms with Gasteiger partial charge in [-0.2, -0.15) is 0 Å². The Kier molecular flexibility index (Phi) is 5.02. The predicted molar refractivity (Wildman–Crippen MR) is 95.0 cm³/mol. The van der Waals surface area contributed by atoms with Crippen LogP contribution >= 0.6 is 0 Å². The summed E-state index contributed by atoms with van der Waals surface area (Å²) >= 11 is 0. The van der Waals surface area contributed by atoms with Crippen LogP contribution in [0.15, 0.2) is 57.7 Å². The van der Waals surface area contributed by atoms with Crippen LogP contribution in [0.2, 0.25) is 0 Å². The van der Waals surface area contributed by atoms with E-state index in [4.69, 9.17) is 14.9 Å². The van der Waals surface area contributed by atoms with E-state index in [1.807, 2.05) is 0 Å². The first-order valence-corrected chi connectivity index (χ1v) is 7.88. The Balaban J connectivity index is 1.61. The number of amides is 2. The molecule has 0 aliphatic rings. The van der Waals surface area contributed by atoms with Gasteiger partial charge in [-0.1, -0.05) is 24.3 Å². The van der Waals surface area contributed by atoms with E-state index in [2.05, 4.69) is 5.32 Å². The van der Waals surface area contributed by atoms with Gasteiger partial charge in [0.25, 0.3) is 11.8 Å². The van der Waals surface area contributed by atoms with E-state index < -0.39 is 36.7 Å². The molecule has 2 aromatic carbocycles. The molecule has 0 radical (unpaired) electrons. The molecule has 0 saturated heterocycles. The summed E-state index contributed by atoms with van der Waals surface area (Å²) in [6.07, 6.45) is 0. The molecule has 9 nitrogen and oxygen atoms in total. The van der Waals surface area contributed by atoms with Gasteiger partial charge in [0.15, 0.2) is 12.2 Å². The molecule has 0 fully saturated rings. The topological polar surface area (TPSA) is 134 Å². The van der Waals surface area contributed by atoms with Gasteiger partial charge < -0.3 is 20.2 Å². The van der Waals surface area contributed by atoms with Crippen molar-refractivity contribution < 1.29 is 23.5 Å². The number of carbonyl (C=O) groups excluding carboxylic acids is 3. The standard InChI is InChI=1S/C18H15N3O6/c19-17(24)11-5-1-2-6-12(11)20-15(22)10-26-16(23)9-21-13-7-3-4-8-14(13)27-18(21)25/h1-8H,9-10H2,(H2,19,24)(H,20,22). The normalized spacial score (nSPS) is 10.5. The summed E-state index contributed by atoms with van der Waals surface area (Å²) < 4.78 is 11.0. The Labute approximate surface area is 152 Å². The number of carbonyl (C=O) groups is 3. The third kappa shape index (κ3) is 4.03. The van der Waals surface area contributed by atoms with Crippen molar-refractivity contribution in [3.63, 3.8) is 0 Å². The number of fused-ring (bicyclic) bond motifs is 1. The van der Waals surface area contributed by atoms with Crippen LogP contribution in [0, 0.1) is 0 Å². The van der Waals surface area contributed by atoms with Crippen molar-refractivity contribution in [1.29, 1.82) is 0 Å². The fraction of sp³-hybridized carbons (Fsp3) is 0.111. The molecule has 2 amide bonds. The summed E-state index contributed by atoms with van der Waals surface area (Å²) in [5.41, 5.74) is 6.36. The lowest BCUT2D eigenvalue weighted by molar-refractivity contribution is -0.147. The molecule has 27 heavy (non-hydrogen) atoms. The Morgan fingerprint density at radius 3 is 2.56 bits per heavy atom. The zero-order valence-electron chi connectivity index (χ0n) is 14.0. The third-order valence-corrected chi connectivity index (χ3v) is 3.69. The van der Waals surface area contributed by atoms with Crippen LogP contribution < -0.4 is 16.8 Å². The predicted octanol–water partition coefficient (Wildman–Crippen LogP) is 0.875. The number of oxazole rings is 1. The summed E-state index contributed by atoms with van der Waals surface area (Å²) in [7, 11) is 0. The SMILES string of the molecule is NC(=O)c1ccccc1NC(=O)COC(=O)Cn1c(=O)oc2ccccc21. The van der Waals surface area contributed by atoms with Crippen LogP contribution in [-0.4, -0.2) is 29.0 Å². The molecule has 0 atom stereocenters. The molecule has 0 spiro atoms. The van der Waals surface area contributed by atoms with Crippen molar-refractivity contribution in [3.8, 4) is 0 Å². The summed E-state index contributed by atoms with van der Waals surface area (Å²) in [5.74, 6) is -2.84. The highest BCUT2D eigenvalue weighted by atomic mass is 16.5. The number of esters is 1. The molecule has 138 valence electrons. The average molecular weight is 369 g/mol. The number of nitrogens with zero attached hydrogens (tertiary/aromatic N) is 1. The van der Waals surface area contributed by atoms with Crippen molar-refractivity contribution in [2.75, 3.05) is 11.9 Å². The molecule has 1 aromatic heterocycles. The van der Waals surface area contributed by atoms with E-state index in [9.17, 15) is 19.2 Å². The maximum absolute atomic E-state index is 12.0. The van der Waals surface area contributed by atoms with Gasteiger partial charge in [0, 0.05) is 0 Å². The van der Waals surface area contributed by atoms with E-state index in [-0.39, 0.29) is 11.3 Å². The van der Waals surface area contributed by atoms with Crippen molar-refractivity contribution >= 4 is 34.6 Å². The number of hydrogen-bond donors (Lipinski definition) is 2. The van der Waals surface area contributed by atoms with E-state index in [1.54, 1.807) is 36.4 Å². The number of rotatable bonds is 6. The zero-order chi connectivity index (χ0) is 19.4. The van der Waals surface area contributed by atoms with Gasteiger partial charge in [-0.05, 0) is 24.3 Å². The Bertz CT molecular complexity index is 1080. The fourth-order valence-electron chi connectivity index (χ4n) is 2.48. The highest BCUT2D eigenvalue weighted by Gasteiger charge is 2.15. The number of nitrogens with two attached hydrogens (primary N) is 1. The van der Waals surface area contributed by atoms with Gasteiger partial charge in [-0.25, -0.2) is 4.79 Å². The molecule has 9 heteroatoms. The lowest BCUT2D eigenvalue weighted by atomic mass is 10.1. The highest BCUT2D eigenvalue weighted by Crippen LogP contribution is 2.14. The van der Waals surface area contributed by atoms with Crippen LogP contribution in [0.4, 0.5) is 5.69 Å². The van der Waals surface area contributed by atoms with Crippen LogP contribution in [-0.2, 0) is 20.9 Å². The van der Waals surface area contributed by atoms with Crippen LogP contribution in [0.25, 0.3) is 11.1 Å². The number of aromatic nitrogens is 1. The molecule has 3 rings (SSSR count). The van der Waals surface area contributed by atoms with Crippen LogP contribution in [0.3, 0.4) is 0 Å². The summed E-state index contributed by atoms with van der Waals surface area (Å²) in [6.45, 7) is -0.989. The molecule has 3 aromatic rings. The largest absolute Gasteiger partial charge is 0.454 e. The average Bonchev–Trinajstić information content (AvgIpc) is 2.96. The zero-order valence-corrected chi connectivity index (χ0v) is 14.0. The Hall–Kier alpha value is -3.88. The van der Waals surface area contributed by atoms with Crippen LogP contribution in [0.1, 0.15) is 10.4 Å².